The Bertz CT molecular complexity index is 972. The van der Waals surface area contributed by atoms with Gasteiger partial charge in [-0.25, -0.2) is 13.1 Å². The van der Waals surface area contributed by atoms with E-state index in [1.807, 2.05) is 12.1 Å². The van der Waals surface area contributed by atoms with Gasteiger partial charge in [-0.05, 0) is 24.3 Å². The van der Waals surface area contributed by atoms with Gasteiger partial charge < -0.3 is 0 Å². The van der Waals surface area contributed by atoms with Gasteiger partial charge in [0.25, 0.3) is 0 Å². The molecule has 7 nitrogen and oxygen atoms in total. The highest BCUT2D eigenvalue weighted by atomic mass is 32.2. The molecule has 3 rings (SSSR count). The van der Waals surface area contributed by atoms with Crippen molar-refractivity contribution < 1.29 is 8.42 Å². The van der Waals surface area contributed by atoms with Crippen LogP contribution in [-0.4, -0.2) is 23.0 Å². The SMILES string of the molecule is N#Cc1ccccc1S(=O)(=O)NCc1nnc2ccccn12. The molecular formula is C14H11N5O2S. The molecule has 1 N–H and O–H groups in total. The highest BCUT2D eigenvalue weighted by Gasteiger charge is 2.18. The lowest BCUT2D eigenvalue weighted by molar-refractivity contribution is 0.578. The highest BCUT2D eigenvalue weighted by molar-refractivity contribution is 7.89. The third kappa shape index (κ3) is 2.55. The molecule has 2 heterocycles. The van der Waals surface area contributed by atoms with Crippen molar-refractivity contribution in [3.63, 3.8) is 0 Å². The molecule has 3 aromatic rings. The van der Waals surface area contributed by atoms with E-state index in [1.54, 1.807) is 34.9 Å². The van der Waals surface area contributed by atoms with Crippen molar-refractivity contribution in [3.05, 3.63) is 60.0 Å². The summed E-state index contributed by atoms with van der Waals surface area (Å²) in [6.45, 7) is -0.0206. The third-order valence-electron chi connectivity index (χ3n) is 3.10. The second-order valence-corrected chi connectivity index (χ2v) is 6.21. The summed E-state index contributed by atoms with van der Waals surface area (Å²) in [6.07, 6.45) is 1.75. The molecule has 1 aromatic carbocycles. The van der Waals surface area contributed by atoms with E-state index in [-0.39, 0.29) is 17.0 Å². The summed E-state index contributed by atoms with van der Waals surface area (Å²) < 4.78 is 28.8. The Balaban J connectivity index is 1.88. The number of fused-ring (bicyclic) bond motifs is 1. The van der Waals surface area contributed by atoms with Crippen molar-refractivity contribution in [2.45, 2.75) is 11.4 Å². The van der Waals surface area contributed by atoms with E-state index in [2.05, 4.69) is 14.9 Å². The Kier molecular flexibility index (Phi) is 3.58. The summed E-state index contributed by atoms with van der Waals surface area (Å²) in [7, 11) is -3.80. The van der Waals surface area contributed by atoms with Crippen LogP contribution in [0.2, 0.25) is 0 Å². The van der Waals surface area contributed by atoms with Gasteiger partial charge in [0, 0.05) is 6.20 Å². The molecule has 0 fully saturated rings. The molecular weight excluding hydrogens is 302 g/mol. The van der Waals surface area contributed by atoms with Crippen LogP contribution in [0.15, 0.2) is 53.6 Å². The zero-order valence-electron chi connectivity index (χ0n) is 11.3. The minimum Gasteiger partial charge on any atom is -0.285 e. The van der Waals surface area contributed by atoms with Crippen LogP contribution < -0.4 is 4.72 Å². The lowest BCUT2D eigenvalue weighted by Crippen LogP contribution is -2.25. The predicted octanol–water partition coefficient (Wildman–Crippen LogP) is 1.08. The van der Waals surface area contributed by atoms with Gasteiger partial charge in [-0.3, -0.25) is 4.40 Å². The van der Waals surface area contributed by atoms with E-state index >= 15 is 0 Å². The number of aromatic nitrogens is 3. The lowest BCUT2D eigenvalue weighted by atomic mass is 10.2. The molecule has 8 heteroatoms. The molecule has 0 spiro atoms. The lowest BCUT2D eigenvalue weighted by Gasteiger charge is -2.07. The average molecular weight is 313 g/mol. The van der Waals surface area contributed by atoms with Crippen LogP contribution in [0, 0.1) is 11.3 Å². The van der Waals surface area contributed by atoms with Gasteiger partial charge >= 0.3 is 0 Å². The van der Waals surface area contributed by atoms with Crippen LogP contribution in [-0.2, 0) is 16.6 Å². The number of rotatable bonds is 4. The largest absolute Gasteiger partial charge is 0.285 e. The Labute approximate surface area is 126 Å². The average Bonchev–Trinajstić information content (AvgIpc) is 2.96. The van der Waals surface area contributed by atoms with Crippen molar-refractivity contribution in [2.24, 2.45) is 0 Å². The minimum absolute atomic E-state index is 0.0206. The van der Waals surface area contributed by atoms with Crippen molar-refractivity contribution >= 4 is 15.7 Å². The van der Waals surface area contributed by atoms with E-state index in [0.29, 0.717) is 11.5 Å². The zero-order chi connectivity index (χ0) is 15.6. The molecule has 0 atom stereocenters. The van der Waals surface area contributed by atoms with Crippen LogP contribution in [0.5, 0.6) is 0 Å². The quantitative estimate of drug-likeness (QED) is 0.777. The van der Waals surface area contributed by atoms with Gasteiger partial charge in [0.1, 0.15) is 6.07 Å². The number of nitriles is 1. The summed E-state index contributed by atoms with van der Waals surface area (Å²) in [5.74, 6) is 0.466. The Morgan fingerprint density at radius 1 is 1.14 bits per heavy atom. The molecule has 0 amide bonds. The molecule has 0 aliphatic carbocycles. The molecule has 0 unspecified atom stereocenters. The van der Waals surface area contributed by atoms with E-state index in [9.17, 15) is 8.42 Å². The molecule has 0 aliphatic rings. The summed E-state index contributed by atoms with van der Waals surface area (Å²) in [5.41, 5.74) is 0.732. The van der Waals surface area contributed by atoms with Crippen LogP contribution in [0.3, 0.4) is 0 Å². The second kappa shape index (κ2) is 5.55. The Hall–Kier alpha value is -2.76. The molecule has 22 heavy (non-hydrogen) atoms. The first-order valence-electron chi connectivity index (χ1n) is 6.39. The van der Waals surface area contributed by atoms with Gasteiger partial charge in [0.15, 0.2) is 11.5 Å². The molecule has 0 radical (unpaired) electrons. The second-order valence-electron chi connectivity index (χ2n) is 4.48. The molecule has 110 valence electrons. The number of nitrogens with zero attached hydrogens (tertiary/aromatic N) is 4. The summed E-state index contributed by atoms with van der Waals surface area (Å²) in [6, 6.07) is 13.3. The van der Waals surface area contributed by atoms with Gasteiger partial charge in [-0.2, -0.15) is 5.26 Å². The van der Waals surface area contributed by atoms with Gasteiger partial charge in [0.05, 0.1) is 17.0 Å². The van der Waals surface area contributed by atoms with Crippen LogP contribution in [0.1, 0.15) is 11.4 Å². The first-order valence-corrected chi connectivity index (χ1v) is 7.87. The Morgan fingerprint density at radius 2 is 1.91 bits per heavy atom. The van der Waals surface area contributed by atoms with Crippen LogP contribution in [0.25, 0.3) is 5.65 Å². The van der Waals surface area contributed by atoms with Gasteiger partial charge in [0.2, 0.25) is 10.0 Å². The van der Waals surface area contributed by atoms with E-state index in [1.165, 1.54) is 12.1 Å². The normalized spacial score (nSPS) is 11.4. The maximum absolute atomic E-state index is 12.3. The number of sulfonamides is 1. The number of nitrogens with one attached hydrogen (secondary N) is 1. The van der Waals surface area contributed by atoms with E-state index in [4.69, 9.17) is 5.26 Å². The van der Waals surface area contributed by atoms with Crippen molar-refractivity contribution in [1.82, 2.24) is 19.3 Å². The number of pyridine rings is 1. The van der Waals surface area contributed by atoms with Crippen molar-refractivity contribution in [3.8, 4) is 6.07 Å². The fourth-order valence-corrected chi connectivity index (χ4v) is 3.18. The topological polar surface area (TPSA) is 100 Å². The van der Waals surface area contributed by atoms with Gasteiger partial charge in [-0.1, -0.05) is 18.2 Å². The summed E-state index contributed by atoms with van der Waals surface area (Å²) in [5, 5.41) is 16.9. The first kappa shape index (κ1) is 14.2. The smallest absolute Gasteiger partial charge is 0.242 e. The van der Waals surface area contributed by atoms with Crippen LogP contribution >= 0.6 is 0 Å². The van der Waals surface area contributed by atoms with Gasteiger partial charge in [-0.15, -0.1) is 10.2 Å². The zero-order valence-corrected chi connectivity index (χ0v) is 12.2. The monoisotopic (exact) mass is 313 g/mol. The fourth-order valence-electron chi connectivity index (χ4n) is 2.04. The third-order valence-corrected chi connectivity index (χ3v) is 4.56. The van der Waals surface area contributed by atoms with Crippen molar-refractivity contribution in [1.29, 1.82) is 5.26 Å². The van der Waals surface area contributed by atoms with E-state index in [0.717, 1.165) is 0 Å². The summed E-state index contributed by atoms with van der Waals surface area (Å²) >= 11 is 0. The molecule has 0 saturated heterocycles. The molecule has 0 bridgehead atoms. The number of benzene rings is 1. The standard InChI is InChI=1S/C14H11N5O2S/c15-9-11-5-1-2-6-12(11)22(20,21)16-10-14-18-17-13-7-3-4-8-19(13)14/h1-8,16H,10H2. The first-order chi connectivity index (χ1) is 10.6. The van der Waals surface area contributed by atoms with Crippen molar-refractivity contribution in [2.75, 3.05) is 0 Å². The number of hydrogen-bond donors (Lipinski definition) is 1. The molecule has 0 saturated carbocycles. The van der Waals surface area contributed by atoms with Crippen LogP contribution in [0.4, 0.5) is 0 Å². The maximum Gasteiger partial charge on any atom is 0.242 e. The highest BCUT2D eigenvalue weighted by Crippen LogP contribution is 2.14. The number of hydrogen-bond acceptors (Lipinski definition) is 5. The van der Waals surface area contributed by atoms with E-state index < -0.39 is 10.0 Å². The molecule has 0 aliphatic heterocycles. The fraction of sp³-hybridized carbons (Fsp3) is 0.0714. The molecule has 2 aromatic heterocycles. The predicted molar refractivity (Wildman–Crippen MR) is 78.2 cm³/mol. The Morgan fingerprint density at radius 3 is 2.73 bits per heavy atom. The maximum atomic E-state index is 12.3. The minimum atomic E-state index is -3.80. The summed E-state index contributed by atoms with van der Waals surface area (Å²) in [4.78, 5) is -0.0497.